The third-order valence-corrected chi connectivity index (χ3v) is 1.99. The van der Waals surface area contributed by atoms with Crippen LogP contribution in [0.5, 0.6) is 0 Å². The van der Waals surface area contributed by atoms with Crippen LogP contribution in [0.2, 0.25) is 0 Å². The highest BCUT2D eigenvalue weighted by Crippen LogP contribution is 2.22. The quantitative estimate of drug-likeness (QED) is 0.635. The van der Waals surface area contributed by atoms with Crippen molar-refractivity contribution in [2.75, 3.05) is 26.4 Å². The van der Waals surface area contributed by atoms with Gasteiger partial charge in [0.05, 0.1) is 26.4 Å². The average Bonchev–Trinajstić information content (AvgIpc) is 2.47. The topological polar surface area (TPSA) is 68.2 Å². The van der Waals surface area contributed by atoms with Crippen LogP contribution in [0.1, 0.15) is 13.8 Å². The van der Waals surface area contributed by atoms with E-state index >= 15 is 0 Å². The molecule has 0 radical (unpaired) electrons. The molecule has 0 aromatic heterocycles. The normalized spacial score (nSPS) is 25.9. The summed E-state index contributed by atoms with van der Waals surface area (Å²) < 4.78 is 16.0. The largest absolute Gasteiger partial charge is 0.394 e. The van der Waals surface area contributed by atoms with Gasteiger partial charge in [-0.1, -0.05) is 0 Å². The third kappa shape index (κ3) is 3.51. The van der Waals surface area contributed by atoms with Gasteiger partial charge in [0.25, 0.3) is 0 Å². The summed E-state index contributed by atoms with van der Waals surface area (Å²) in [7, 11) is 0. The first kappa shape index (κ1) is 11.9. The van der Waals surface area contributed by atoms with Gasteiger partial charge in [-0.05, 0) is 13.8 Å². The Hall–Kier alpha value is -0.200. The molecular weight excluding hydrogens is 188 g/mol. The molecule has 1 fully saturated rings. The molecule has 1 heterocycles. The van der Waals surface area contributed by atoms with E-state index in [1.54, 1.807) is 0 Å². The third-order valence-electron chi connectivity index (χ3n) is 1.99. The molecule has 0 aromatic rings. The van der Waals surface area contributed by atoms with Gasteiger partial charge in [-0.25, -0.2) is 0 Å². The van der Waals surface area contributed by atoms with E-state index in [1.165, 1.54) is 0 Å². The summed E-state index contributed by atoms with van der Waals surface area (Å²) in [6, 6.07) is 0. The summed E-state index contributed by atoms with van der Waals surface area (Å²) in [6.45, 7) is 4.11. The minimum Gasteiger partial charge on any atom is -0.394 e. The molecule has 1 rings (SSSR count). The molecule has 1 atom stereocenters. The summed E-state index contributed by atoms with van der Waals surface area (Å²) in [5.41, 5.74) is 0. The van der Waals surface area contributed by atoms with Gasteiger partial charge in [0.2, 0.25) is 0 Å². The maximum absolute atomic E-state index is 8.75. The fraction of sp³-hybridized carbons (Fsp3) is 1.00. The van der Waals surface area contributed by atoms with Crippen molar-refractivity contribution in [3.05, 3.63) is 0 Å². The predicted molar refractivity (Wildman–Crippen MR) is 48.8 cm³/mol. The van der Waals surface area contributed by atoms with Crippen LogP contribution in [0, 0.1) is 0 Å². The molecule has 0 bridgehead atoms. The Morgan fingerprint density at radius 1 is 1.43 bits per heavy atom. The Kier molecular flexibility index (Phi) is 4.28. The van der Waals surface area contributed by atoms with E-state index in [4.69, 9.17) is 24.4 Å². The van der Waals surface area contributed by atoms with Crippen molar-refractivity contribution < 1.29 is 24.4 Å². The molecule has 0 saturated carbocycles. The first-order chi connectivity index (χ1) is 6.57. The molecule has 0 aromatic carbocycles. The zero-order valence-corrected chi connectivity index (χ0v) is 8.60. The van der Waals surface area contributed by atoms with Crippen molar-refractivity contribution in [3.63, 3.8) is 0 Å². The van der Waals surface area contributed by atoms with E-state index in [1.807, 2.05) is 13.8 Å². The fourth-order valence-corrected chi connectivity index (χ4v) is 1.25. The van der Waals surface area contributed by atoms with Crippen LogP contribution in [0.4, 0.5) is 0 Å². The van der Waals surface area contributed by atoms with Crippen molar-refractivity contribution in [1.29, 1.82) is 0 Å². The molecule has 0 amide bonds. The summed E-state index contributed by atoms with van der Waals surface area (Å²) in [4.78, 5) is 0. The van der Waals surface area contributed by atoms with Gasteiger partial charge in [-0.2, -0.15) is 0 Å². The summed E-state index contributed by atoms with van der Waals surface area (Å²) in [5.74, 6) is -0.554. The van der Waals surface area contributed by atoms with Crippen molar-refractivity contribution in [2.45, 2.75) is 31.8 Å². The van der Waals surface area contributed by atoms with E-state index in [0.717, 1.165) is 0 Å². The standard InChI is InChI=1S/C9H18O5/c1-9(2)13-6-8(14-9)5-12-7(3-10)4-11/h7-8,10-11H,3-6H2,1-2H3. The highest BCUT2D eigenvalue weighted by molar-refractivity contribution is 4.70. The lowest BCUT2D eigenvalue weighted by Gasteiger charge is -2.18. The second-order valence-electron chi connectivity index (χ2n) is 3.77. The highest BCUT2D eigenvalue weighted by Gasteiger charge is 2.32. The van der Waals surface area contributed by atoms with Gasteiger partial charge in [-0.15, -0.1) is 0 Å². The monoisotopic (exact) mass is 206 g/mol. The first-order valence-corrected chi connectivity index (χ1v) is 4.72. The Bertz CT molecular complexity index is 167. The van der Waals surface area contributed by atoms with Crippen LogP contribution >= 0.6 is 0 Å². The smallest absolute Gasteiger partial charge is 0.163 e. The molecule has 1 aliphatic heterocycles. The lowest BCUT2D eigenvalue weighted by atomic mass is 10.3. The zero-order valence-electron chi connectivity index (χ0n) is 8.60. The van der Waals surface area contributed by atoms with Crippen molar-refractivity contribution >= 4 is 0 Å². The van der Waals surface area contributed by atoms with Gasteiger partial charge in [0.15, 0.2) is 5.79 Å². The number of ether oxygens (including phenoxy) is 3. The Balaban J connectivity index is 2.20. The molecule has 14 heavy (non-hydrogen) atoms. The maximum atomic E-state index is 8.75. The molecule has 5 nitrogen and oxygen atoms in total. The minimum absolute atomic E-state index is 0.120. The lowest BCUT2D eigenvalue weighted by molar-refractivity contribution is -0.150. The van der Waals surface area contributed by atoms with E-state index in [-0.39, 0.29) is 19.3 Å². The van der Waals surface area contributed by atoms with Crippen molar-refractivity contribution in [1.82, 2.24) is 0 Å². The van der Waals surface area contributed by atoms with Gasteiger partial charge < -0.3 is 24.4 Å². The molecule has 1 unspecified atom stereocenters. The second kappa shape index (κ2) is 5.04. The SMILES string of the molecule is CC1(C)OCC(COC(CO)CO)O1. The van der Waals surface area contributed by atoms with Gasteiger partial charge in [-0.3, -0.25) is 0 Å². The molecule has 5 heteroatoms. The fourth-order valence-electron chi connectivity index (χ4n) is 1.25. The highest BCUT2D eigenvalue weighted by atomic mass is 16.7. The van der Waals surface area contributed by atoms with Crippen LogP contribution in [-0.4, -0.2) is 54.6 Å². The van der Waals surface area contributed by atoms with Crippen LogP contribution in [-0.2, 0) is 14.2 Å². The first-order valence-electron chi connectivity index (χ1n) is 4.72. The Morgan fingerprint density at radius 2 is 2.07 bits per heavy atom. The van der Waals surface area contributed by atoms with Crippen LogP contribution < -0.4 is 0 Å². The summed E-state index contributed by atoms with van der Waals surface area (Å²) in [6.07, 6.45) is -0.645. The molecule has 84 valence electrons. The van der Waals surface area contributed by atoms with Crippen molar-refractivity contribution in [2.24, 2.45) is 0 Å². The molecule has 0 spiro atoms. The van der Waals surface area contributed by atoms with Crippen LogP contribution in [0.3, 0.4) is 0 Å². The van der Waals surface area contributed by atoms with E-state index in [2.05, 4.69) is 0 Å². The summed E-state index contributed by atoms with van der Waals surface area (Å²) in [5, 5.41) is 17.5. The van der Waals surface area contributed by atoms with Gasteiger partial charge in [0, 0.05) is 0 Å². The predicted octanol–water partition coefficient (Wildman–Crippen LogP) is -0.492. The Labute approximate surface area is 83.6 Å². The minimum atomic E-state index is -0.554. The van der Waals surface area contributed by atoms with E-state index in [0.29, 0.717) is 13.2 Å². The number of rotatable bonds is 5. The molecule has 2 N–H and O–H groups in total. The maximum Gasteiger partial charge on any atom is 0.163 e. The molecular formula is C9H18O5. The van der Waals surface area contributed by atoms with E-state index < -0.39 is 11.9 Å². The van der Waals surface area contributed by atoms with Crippen LogP contribution in [0.15, 0.2) is 0 Å². The van der Waals surface area contributed by atoms with Crippen LogP contribution in [0.25, 0.3) is 0 Å². The number of aliphatic hydroxyl groups excluding tert-OH is 2. The average molecular weight is 206 g/mol. The number of hydrogen-bond donors (Lipinski definition) is 2. The number of aliphatic hydroxyl groups is 2. The molecule has 1 saturated heterocycles. The molecule has 1 aliphatic rings. The van der Waals surface area contributed by atoms with E-state index in [9.17, 15) is 0 Å². The van der Waals surface area contributed by atoms with Gasteiger partial charge >= 0.3 is 0 Å². The summed E-state index contributed by atoms with van der Waals surface area (Å²) >= 11 is 0. The van der Waals surface area contributed by atoms with Crippen molar-refractivity contribution in [3.8, 4) is 0 Å². The number of hydrogen-bond acceptors (Lipinski definition) is 5. The zero-order chi connectivity index (χ0) is 10.6. The second-order valence-corrected chi connectivity index (χ2v) is 3.77. The lowest BCUT2D eigenvalue weighted by Crippen LogP contribution is -2.29. The Morgan fingerprint density at radius 3 is 2.50 bits per heavy atom. The van der Waals surface area contributed by atoms with Gasteiger partial charge in [0.1, 0.15) is 12.2 Å². The molecule has 0 aliphatic carbocycles.